The fourth-order valence-electron chi connectivity index (χ4n) is 2.66. The molecule has 0 aromatic heterocycles. The van der Waals surface area contributed by atoms with E-state index in [1.54, 1.807) is 26.2 Å². The zero-order valence-corrected chi connectivity index (χ0v) is 17.6. The molecule has 1 N–H and O–H groups in total. The molecule has 1 amide bonds. The van der Waals surface area contributed by atoms with Crippen molar-refractivity contribution in [2.45, 2.75) is 24.2 Å². The van der Waals surface area contributed by atoms with Gasteiger partial charge in [-0.15, -0.1) is 23.5 Å². The van der Waals surface area contributed by atoms with Crippen molar-refractivity contribution in [3.63, 3.8) is 0 Å². The molecule has 4 nitrogen and oxygen atoms in total. The van der Waals surface area contributed by atoms with Gasteiger partial charge in [-0.25, -0.2) is 0 Å². The summed E-state index contributed by atoms with van der Waals surface area (Å²) in [6.07, 6.45) is -0.632. The van der Waals surface area contributed by atoms with E-state index in [-0.39, 0.29) is 5.91 Å². The highest BCUT2D eigenvalue weighted by molar-refractivity contribution is 8.19. The highest BCUT2D eigenvalue weighted by atomic mass is 35.5. The summed E-state index contributed by atoms with van der Waals surface area (Å²) in [7, 11) is 1.62. The summed E-state index contributed by atoms with van der Waals surface area (Å²) in [6, 6.07) is 13.3. The Bertz CT molecular complexity index is 779. The quantitative estimate of drug-likeness (QED) is 0.685. The van der Waals surface area contributed by atoms with E-state index < -0.39 is 6.10 Å². The van der Waals surface area contributed by atoms with E-state index in [0.29, 0.717) is 27.6 Å². The molecule has 1 aliphatic heterocycles. The number of hydrogen-bond acceptors (Lipinski definition) is 5. The third-order valence-electron chi connectivity index (χ3n) is 4.13. The van der Waals surface area contributed by atoms with Gasteiger partial charge in [0.15, 0.2) is 17.6 Å². The minimum atomic E-state index is -0.632. The van der Waals surface area contributed by atoms with Crippen molar-refractivity contribution in [2.24, 2.45) is 0 Å². The number of halogens is 1. The molecule has 27 heavy (non-hydrogen) atoms. The molecule has 7 heteroatoms. The Morgan fingerprint density at radius 2 is 1.89 bits per heavy atom. The first-order chi connectivity index (χ1) is 13.1. The first kappa shape index (κ1) is 20.2. The predicted molar refractivity (Wildman–Crippen MR) is 114 cm³/mol. The summed E-state index contributed by atoms with van der Waals surface area (Å²) >= 11 is 9.75. The lowest BCUT2D eigenvalue weighted by Gasteiger charge is -2.18. The molecular weight excluding hydrogens is 402 g/mol. The lowest BCUT2D eigenvalue weighted by molar-refractivity contribution is -0.127. The van der Waals surface area contributed by atoms with Crippen molar-refractivity contribution in [1.82, 2.24) is 5.32 Å². The van der Waals surface area contributed by atoms with Crippen molar-refractivity contribution in [1.29, 1.82) is 0 Å². The molecule has 2 aromatic rings. The highest BCUT2D eigenvalue weighted by Crippen LogP contribution is 2.47. The van der Waals surface area contributed by atoms with Crippen molar-refractivity contribution in [2.75, 3.05) is 18.6 Å². The fourth-order valence-corrected chi connectivity index (χ4v) is 5.62. The van der Waals surface area contributed by atoms with Crippen molar-refractivity contribution >= 4 is 41.0 Å². The number of thioether (sulfide) groups is 2. The number of ether oxygens (including phenoxy) is 2. The summed E-state index contributed by atoms with van der Waals surface area (Å²) in [5.74, 6) is 3.38. The second-order valence-electron chi connectivity index (χ2n) is 6.09. The normalized spacial score (nSPS) is 15.4. The number of hydrogen-bond donors (Lipinski definition) is 1. The van der Waals surface area contributed by atoms with Crippen LogP contribution in [0.1, 0.15) is 22.6 Å². The van der Waals surface area contributed by atoms with Crippen LogP contribution in [0.15, 0.2) is 42.5 Å². The fraction of sp³-hybridized carbons (Fsp3) is 0.350. The first-order valence-corrected chi connectivity index (χ1v) is 11.1. The van der Waals surface area contributed by atoms with Crippen LogP contribution in [0.4, 0.5) is 0 Å². The van der Waals surface area contributed by atoms with Crippen molar-refractivity contribution in [3.05, 3.63) is 58.6 Å². The van der Waals surface area contributed by atoms with Gasteiger partial charge in [-0.1, -0.05) is 29.8 Å². The Balaban J connectivity index is 1.59. The molecule has 1 unspecified atom stereocenters. The van der Waals surface area contributed by atoms with Crippen LogP contribution in [0.25, 0.3) is 0 Å². The van der Waals surface area contributed by atoms with E-state index in [4.69, 9.17) is 21.1 Å². The molecular formula is C20H22ClNO3S2. The van der Waals surface area contributed by atoms with Gasteiger partial charge in [-0.05, 0) is 42.3 Å². The highest BCUT2D eigenvalue weighted by Gasteiger charge is 2.21. The predicted octanol–water partition coefficient (Wildman–Crippen LogP) is 4.91. The number of amides is 1. The molecule has 144 valence electrons. The van der Waals surface area contributed by atoms with Crippen LogP contribution in [-0.2, 0) is 11.3 Å². The molecule has 1 aliphatic rings. The maximum atomic E-state index is 12.4. The molecule has 0 spiro atoms. The van der Waals surface area contributed by atoms with Crippen LogP contribution >= 0.6 is 35.1 Å². The first-order valence-electron chi connectivity index (χ1n) is 8.67. The molecule has 2 aromatic carbocycles. The average molecular weight is 424 g/mol. The third kappa shape index (κ3) is 5.50. The van der Waals surface area contributed by atoms with Gasteiger partial charge >= 0.3 is 0 Å². The number of benzene rings is 2. The Morgan fingerprint density at radius 3 is 2.56 bits per heavy atom. The summed E-state index contributed by atoms with van der Waals surface area (Å²) in [6.45, 7) is 2.16. The van der Waals surface area contributed by atoms with E-state index in [1.807, 2.05) is 53.9 Å². The number of rotatable bonds is 7. The molecule has 0 bridgehead atoms. The van der Waals surface area contributed by atoms with Gasteiger partial charge < -0.3 is 14.8 Å². The number of nitrogens with one attached hydrogen (secondary N) is 1. The van der Waals surface area contributed by atoms with E-state index >= 15 is 0 Å². The van der Waals surface area contributed by atoms with Crippen molar-refractivity contribution in [3.8, 4) is 11.5 Å². The van der Waals surface area contributed by atoms with Gasteiger partial charge in [-0.2, -0.15) is 0 Å². The summed E-state index contributed by atoms with van der Waals surface area (Å²) in [5.41, 5.74) is 2.19. The number of methoxy groups -OCH3 is 1. The van der Waals surface area contributed by atoms with Crippen LogP contribution in [0.2, 0.25) is 5.02 Å². The van der Waals surface area contributed by atoms with Gasteiger partial charge in [0.1, 0.15) is 0 Å². The van der Waals surface area contributed by atoms with Crippen LogP contribution in [-0.4, -0.2) is 30.6 Å². The zero-order chi connectivity index (χ0) is 19.2. The molecule has 1 atom stereocenters. The molecule has 3 rings (SSSR count). The lowest BCUT2D eigenvalue weighted by atomic mass is 10.2. The molecule has 1 saturated heterocycles. The number of carbonyl (C=O) groups is 1. The van der Waals surface area contributed by atoms with Gasteiger partial charge in [0.05, 0.1) is 11.7 Å². The minimum Gasteiger partial charge on any atom is -0.493 e. The van der Waals surface area contributed by atoms with E-state index in [1.165, 1.54) is 17.1 Å². The molecule has 1 fully saturated rings. The smallest absolute Gasteiger partial charge is 0.261 e. The maximum absolute atomic E-state index is 12.4. The van der Waals surface area contributed by atoms with Crippen LogP contribution in [0.5, 0.6) is 11.5 Å². The third-order valence-corrected chi connectivity index (χ3v) is 7.49. The number of carbonyl (C=O) groups excluding carboxylic acids is 1. The van der Waals surface area contributed by atoms with E-state index in [2.05, 4.69) is 5.32 Å². The second kappa shape index (κ2) is 9.62. The molecule has 0 aliphatic carbocycles. The monoisotopic (exact) mass is 423 g/mol. The van der Waals surface area contributed by atoms with Gasteiger partial charge in [0, 0.05) is 23.1 Å². The minimum absolute atomic E-state index is 0.182. The Labute approximate surface area is 173 Å². The summed E-state index contributed by atoms with van der Waals surface area (Å²) in [5, 5.41) is 3.55. The van der Waals surface area contributed by atoms with Crippen LogP contribution < -0.4 is 14.8 Å². The average Bonchev–Trinajstić information content (AvgIpc) is 3.22. The van der Waals surface area contributed by atoms with E-state index in [9.17, 15) is 4.79 Å². The Kier molecular flexibility index (Phi) is 7.21. The van der Waals surface area contributed by atoms with Gasteiger partial charge in [0.25, 0.3) is 5.91 Å². The Hall–Kier alpha value is -1.50. The molecule has 0 radical (unpaired) electrons. The summed E-state index contributed by atoms with van der Waals surface area (Å²) < 4.78 is 11.8. The molecule has 1 heterocycles. The standard InChI is InChI=1S/C20H22ClNO3S2/c1-13(19(23)22-12-14-3-6-16(21)7-4-14)25-17-8-5-15(11-18(17)24-2)20-26-9-10-27-20/h3-8,11,13,20H,9-10,12H2,1-2H3,(H,22,23). The van der Waals surface area contributed by atoms with Gasteiger partial charge in [0.2, 0.25) is 0 Å². The Morgan fingerprint density at radius 1 is 1.19 bits per heavy atom. The van der Waals surface area contributed by atoms with Crippen LogP contribution in [0.3, 0.4) is 0 Å². The van der Waals surface area contributed by atoms with Crippen molar-refractivity contribution < 1.29 is 14.3 Å². The lowest BCUT2D eigenvalue weighted by Crippen LogP contribution is -2.35. The maximum Gasteiger partial charge on any atom is 0.261 e. The largest absolute Gasteiger partial charge is 0.493 e. The molecule has 0 saturated carbocycles. The second-order valence-corrected chi connectivity index (χ2v) is 9.25. The topological polar surface area (TPSA) is 47.6 Å². The zero-order valence-electron chi connectivity index (χ0n) is 15.2. The SMILES string of the molecule is COc1cc(C2SCCS2)ccc1OC(C)C(=O)NCc1ccc(Cl)cc1. The van der Waals surface area contributed by atoms with Gasteiger partial charge in [-0.3, -0.25) is 4.79 Å². The van der Waals surface area contributed by atoms with E-state index in [0.717, 1.165) is 5.56 Å². The summed E-state index contributed by atoms with van der Waals surface area (Å²) in [4.78, 5) is 12.4. The van der Waals surface area contributed by atoms with Crippen LogP contribution in [0, 0.1) is 0 Å².